The van der Waals surface area contributed by atoms with Gasteiger partial charge in [0.1, 0.15) is 11.2 Å². The lowest BCUT2D eigenvalue weighted by molar-refractivity contribution is -0.125. The van der Waals surface area contributed by atoms with E-state index in [4.69, 9.17) is 9.47 Å². The monoisotopic (exact) mass is 570 g/mol. The highest BCUT2D eigenvalue weighted by molar-refractivity contribution is 5.95. The summed E-state index contributed by atoms with van der Waals surface area (Å²) in [5.41, 5.74) is 0.881. The Kier molecular flexibility index (Phi) is 10.2. The number of aromatic nitrogens is 3. The molecule has 3 aromatic heterocycles. The van der Waals surface area contributed by atoms with Crippen LogP contribution in [0.4, 0.5) is 14.9 Å². The second-order valence-electron chi connectivity index (χ2n) is 9.98. The van der Waals surface area contributed by atoms with Crippen LogP contribution in [0.25, 0.3) is 11.0 Å². The summed E-state index contributed by atoms with van der Waals surface area (Å²) in [7, 11) is 6.19. The molecule has 13 heteroatoms. The number of pyridine rings is 2. The van der Waals surface area contributed by atoms with Crippen molar-refractivity contribution in [3.63, 3.8) is 0 Å². The highest BCUT2D eigenvalue weighted by Gasteiger charge is 2.24. The van der Waals surface area contributed by atoms with Crippen molar-refractivity contribution in [3.8, 4) is 5.75 Å². The van der Waals surface area contributed by atoms with Crippen LogP contribution in [0.15, 0.2) is 47.5 Å². The maximum atomic E-state index is 14.4. The molecule has 3 heterocycles. The van der Waals surface area contributed by atoms with E-state index in [1.54, 1.807) is 52.3 Å². The highest BCUT2D eigenvalue weighted by atomic mass is 19.1. The van der Waals surface area contributed by atoms with Gasteiger partial charge in [-0.2, -0.15) is 0 Å². The van der Waals surface area contributed by atoms with Gasteiger partial charge in [0.05, 0.1) is 24.4 Å². The maximum Gasteiger partial charge on any atom is 0.410 e. The predicted molar refractivity (Wildman–Crippen MR) is 151 cm³/mol. The van der Waals surface area contributed by atoms with Crippen molar-refractivity contribution >= 4 is 34.6 Å². The SMILES string of the molecule is CC(C)Oc1c(F)cnc2cc(Cn3cccc(NC(=O)[C@H](CC/C=C/C(=O)N(C)C)OC(=O)N(C)C)c3=O)[nH]c12. The van der Waals surface area contributed by atoms with E-state index >= 15 is 0 Å². The van der Waals surface area contributed by atoms with Crippen molar-refractivity contribution in [1.29, 1.82) is 0 Å². The predicted octanol–water partition coefficient (Wildman–Crippen LogP) is 3.13. The number of nitrogens with one attached hydrogen (secondary N) is 2. The highest BCUT2D eigenvalue weighted by Crippen LogP contribution is 2.28. The topological polar surface area (TPSA) is 139 Å². The van der Waals surface area contributed by atoms with E-state index < -0.39 is 29.5 Å². The second kappa shape index (κ2) is 13.6. The van der Waals surface area contributed by atoms with E-state index in [0.29, 0.717) is 16.7 Å². The van der Waals surface area contributed by atoms with Crippen LogP contribution >= 0.6 is 0 Å². The average Bonchev–Trinajstić information content (AvgIpc) is 3.32. The maximum absolute atomic E-state index is 14.4. The minimum absolute atomic E-state index is 0.0224. The summed E-state index contributed by atoms with van der Waals surface area (Å²) in [6, 6.07) is 4.71. The van der Waals surface area contributed by atoms with Gasteiger partial charge in [-0.3, -0.25) is 19.4 Å². The van der Waals surface area contributed by atoms with Crippen LogP contribution in [-0.4, -0.2) is 82.6 Å². The fraction of sp³-hybridized carbons (Fsp3) is 0.393. The van der Waals surface area contributed by atoms with Gasteiger partial charge in [-0.05, 0) is 51.0 Å². The molecule has 0 saturated carbocycles. The number of hydrogen-bond acceptors (Lipinski definition) is 7. The van der Waals surface area contributed by atoms with Crippen molar-refractivity contribution in [3.05, 3.63) is 64.6 Å². The zero-order valence-electron chi connectivity index (χ0n) is 23.9. The van der Waals surface area contributed by atoms with Gasteiger partial charge in [0, 0.05) is 40.1 Å². The number of amides is 3. The van der Waals surface area contributed by atoms with Crippen LogP contribution in [0.3, 0.4) is 0 Å². The molecule has 2 N–H and O–H groups in total. The number of ether oxygens (including phenoxy) is 2. The smallest absolute Gasteiger partial charge is 0.410 e. The average molecular weight is 571 g/mol. The summed E-state index contributed by atoms with van der Waals surface area (Å²) in [5.74, 6) is -1.47. The summed E-state index contributed by atoms with van der Waals surface area (Å²) in [5, 5.41) is 2.55. The summed E-state index contributed by atoms with van der Waals surface area (Å²) in [6.07, 6.45) is 3.72. The van der Waals surface area contributed by atoms with Crippen LogP contribution in [0.5, 0.6) is 5.75 Å². The molecule has 1 atom stereocenters. The third kappa shape index (κ3) is 8.16. The Labute approximate surface area is 236 Å². The molecular formula is C28H35FN6O6. The molecular weight excluding hydrogens is 535 g/mol. The van der Waals surface area contributed by atoms with Gasteiger partial charge in [-0.1, -0.05) is 6.08 Å². The lowest BCUT2D eigenvalue weighted by Gasteiger charge is -2.19. The minimum Gasteiger partial charge on any atom is -0.486 e. The molecule has 0 unspecified atom stereocenters. The van der Waals surface area contributed by atoms with Crippen molar-refractivity contribution in [2.24, 2.45) is 0 Å². The largest absolute Gasteiger partial charge is 0.486 e. The van der Waals surface area contributed by atoms with Crippen LogP contribution < -0.4 is 15.6 Å². The molecule has 0 aliphatic carbocycles. The normalized spacial score (nSPS) is 12.0. The standard InChI is InChI=1S/C28H35FN6O6/c1-17(2)40-25-19(29)15-30-21-14-18(31-24(21)25)16-35-13-9-10-20(27(35)38)32-26(37)22(41-28(39)34(5)6)11-7-8-12-23(36)33(3)4/h8-10,12-15,17,22,31H,7,11,16H2,1-6H3,(H,32,37)/b12-8+/t22-/m0/s1. The number of anilines is 1. The van der Waals surface area contributed by atoms with Crippen molar-refractivity contribution in [2.45, 2.75) is 45.4 Å². The molecule has 0 aromatic carbocycles. The first-order valence-electron chi connectivity index (χ1n) is 13.0. The summed E-state index contributed by atoms with van der Waals surface area (Å²) in [4.78, 5) is 60.0. The number of aromatic amines is 1. The van der Waals surface area contributed by atoms with E-state index in [-0.39, 0.29) is 42.8 Å². The van der Waals surface area contributed by atoms with E-state index in [1.165, 1.54) is 40.6 Å². The summed E-state index contributed by atoms with van der Waals surface area (Å²) in [6.45, 7) is 3.64. The molecule has 3 amide bonds. The molecule has 220 valence electrons. The fourth-order valence-corrected chi connectivity index (χ4v) is 3.72. The van der Waals surface area contributed by atoms with Gasteiger partial charge < -0.3 is 34.1 Å². The zero-order chi connectivity index (χ0) is 30.3. The van der Waals surface area contributed by atoms with Crippen molar-refractivity contribution in [1.82, 2.24) is 24.3 Å². The molecule has 3 rings (SSSR count). The van der Waals surface area contributed by atoms with E-state index in [9.17, 15) is 23.6 Å². The second-order valence-corrected chi connectivity index (χ2v) is 9.98. The van der Waals surface area contributed by atoms with Gasteiger partial charge in [0.2, 0.25) is 5.91 Å². The Hall–Kier alpha value is -4.68. The van der Waals surface area contributed by atoms with E-state index in [2.05, 4.69) is 15.3 Å². The number of carbonyl (C=O) groups is 3. The van der Waals surface area contributed by atoms with Crippen molar-refractivity contribution in [2.75, 3.05) is 33.5 Å². The van der Waals surface area contributed by atoms with Gasteiger partial charge in [-0.25, -0.2) is 9.18 Å². The van der Waals surface area contributed by atoms with Crippen molar-refractivity contribution < 1.29 is 28.2 Å². The number of carbonyl (C=O) groups excluding carboxylic acids is 3. The van der Waals surface area contributed by atoms with Gasteiger partial charge in [0.15, 0.2) is 17.7 Å². The van der Waals surface area contributed by atoms with Gasteiger partial charge in [-0.15, -0.1) is 0 Å². The third-order valence-corrected chi connectivity index (χ3v) is 5.78. The lowest BCUT2D eigenvalue weighted by Crippen LogP contribution is -2.37. The Morgan fingerprint density at radius 2 is 1.93 bits per heavy atom. The van der Waals surface area contributed by atoms with Gasteiger partial charge in [0.25, 0.3) is 11.5 Å². The summed E-state index contributed by atoms with van der Waals surface area (Å²) < 4.78 is 26.6. The Morgan fingerprint density at radius 3 is 2.59 bits per heavy atom. The fourth-order valence-electron chi connectivity index (χ4n) is 3.72. The number of likely N-dealkylation sites (N-methyl/N-ethyl adjacent to an activating group) is 1. The molecule has 3 aromatic rings. The summed E-state index contributed by atoms with van der Waals surface area (Å²) >= 11 is 0. The molecule has 0 radical (unpaired) electrons. The van der Waals surface area contributed by atoms with Gasteiger partial charge >= 0.3 is 6.09 Å². The van der Waals surface area contributed by atoms with Crippen LogP contribution in [-0.2, 0) is 20.9 Å². The lowest BCUT2D eigenvalue weighted by atomic mass is 10.1. The number of H-pyrrole nitrogens is 1. The first-order valence-corrected chi connectivity index (χ1v) is 13.0. The molecule has 0 fully saturated rings. The molecule has 0 bridgehead atoms. The first kappa shape index (κ1) is 30.9. The van der Waals surface area contributed by atoms with Crippen LogP contribution in [0.1, 0.15) is 32.4 Å². The number of nitrogens with zero attached hydrogens (tertiary/aromatic N) is 4. The number of fused-ring (bicyclic) bond motifs is 1. The van der Waals surface area contributed by atoms with E-state index in [0.717, 1.165) is 6.20 Å². The number of halogens is 1. The Bertz CT molecular complexity index is 1490. The van der Waals surface area contributed by atoms with E-state index in [1.807, 2.05) is 0 Å². The molecule has 12 nitrogen and oxygen atoms in total. The molecule has 0 spiro atoms. The van der Waals surface area contributed by atoms with Crippen LogP contribution in [0, 0.1) is 5.82 Å². The quantitative estimate of drug-likeness (QED) is 0.338. The minimum atomic E-state index is -1.22. The zero-order valence-corrected chi connectivity index (χ0v) is 23.9. The molecule has 0 saturated heterocycles. The number of allylic oxidation sites excluding steroid dienone is 1. The molecule has 0 aliphatic heterocycles. The third-order valence-electron chi connectivity index (χ3n) is 5.78. The number of rotatable bonds is 11. The molecule has 41 heavy (non-hydrogen) atoms. The first-order chi connectivity index (χ1) is 19.4. The number of hydrogen-bond donors (Lipinski definition) is 2. The Balaban J connectivity index is 1.79. The molecule has 0 aliphatic rings. The Morgan fingerprint density at radius 1 is 1.20 bits per heavy atom. The van der Waals surface area contributed by atoms with Crippen LogP contribution in [0.2, 0.25) is 0 Å².